The first-order valence-corrected chi connectivity index (χ1v) is 7.57. The average Bonchev–Trinajstić information content (AvgIpc) is 2.71. The van der Waals surface area contributed by atoms with Crippen LogP contribution in [0.3, 0.4) is 0 Å². The summed E-state index contributed by atoms with van der Waals surface area (Å²) < 4.78 is 0. The Labute approximate surface area is 115 Å². The van der Waals surface area contributed by atoms with E-state index in [4.69, 9.17) is 5.73 Å². The van der Waals surface area contributed by atoms with Crippen LogP contribution in [-0.4, -0.2) is 29.0 Å². The highest BCUT2D eigenvalue weighted by atomic mass is 32.1. The molecule has 18 heavy (non-hydrogen) atoms. The molecule has 0 spiro atoms. The third-order valence-electron chi connectivity index (χ3n) is 3.69. The van der Waals surface area contributed by atoms with Crippen molar-refractivity contribution in [2.24, 2.45) is 11.7 Å². The van der Waals surface area contributed by atoms with Gasteiger partial charge in [-0.15, -0.1) is 11.3 Å². The van der Waals surface area contributed by atoms with Gasteiger partial charge < -0.3 is 5.73 Å². The SMILES string of the molecule is Cc1nc(CN(C)C(C)(CN)CCC(C)C)cs1. The smallest absolute Gasteiger partial charge is 0.0897 e. The van der Waals surface area contributed by atoms with Gasteiger partial charge in [0.15, 0.2) is 0 Å². The number of nitrogens with zero attached hydrogens (tertiary/aromatic N) is 2. The second kappa shape index (κ2) is 6.64. The Balaban J connectivity index is 2.62. The number of hydrogen-bond donors (Lipinski definition) is 1. The van der Waals surface area contributed by atoms with Gasteiger partial charge in [-0.05, 0) is 39.7 Å². The highest BCUT2D eigenvalue weighted by molar-refractivity contribution is 7.09. The summed E-state index contributed by atoms with van der Waals surface area (Å²) in [6.07, 6.45) is 2.36. The molecule has 0 aliphatic carbocycles. The van der Waals surface area contributed by atoms with Crippen molar-refractivity contribution in [3.63, 3.8) is 0 Å². The zero-order valence-electron chi connectivity index (χ0n) is 12.4. The number of nitrogens with two attached hydrogens (primary N) is 1. The predicted octanol–water partition coefficient (Wildman–Crippen LogP) is 3.04. The standard InChI is InChI=1S/C14H27N3S/c1-11(2)6-7-14(4,10-15)17(5)8-13-9-18-12(3)16-13/h9,11H,6-8,10,15H2,1-5H3. The molecule has 0 aliphatic heterocycles. The lowest BCUT2D eigenvalue weighted by Gasteiger charge is -2.38. The lowest BCUT2D eigenvalue weighted by Crippen LogP contribution is -2.49. The Morgan fingerprint density at radius 2 is 2.17 bits per heavy atom. The Bertz CT molecular complexity index is 362. The number of aryl methyl sites for hydroxylation is 1. The lowest BCUT2D eigenvalue weighted by molar-refractivity contribution is 0.118. The van der Waals surface area contributed by atoms with E-state index in [1.807, 2.05) is 0 Å². The maximum atomic E-state index is 5.99. The monoisotopic (exact) mass is 269 g/mol. The lowest BCUT2D eigenvalue weighted by atomic mass is 9.90. The topological polar surface area (TPSA) is 42.2 Å². The third kappa shape index (κ3) is 4.34. The highest BCUT2D eigenvalue weighted by Gasteiger charge is 2.28. The summed E-state index contributed by atoms with van der Waals surface area (Å²) in [7, 11) is 2.15. The fraction of sp³-hybridized carbons (Fsp3) is 0.786. The molecule has 2 N–H and O–H groups in total. The minimum Gasteiger partial charge on any atom is -0.329 e. The molecule has 1 aromatic rings. The van der Waals surface area contributed by atoms with Gasteiger partial charge in [0.2, 0.25) is 0 Å². The molecule has 0 saturated heterocycles. The van der Waals surface area contributed by atoms with E-state index < -0.39 is 0 Å². The zero-order chi connectivity index (χ0) is 13.8. The Morgan fingerprint density at radius 1 is 1.50 bits per heavy atom. The number of likely N-dealkylation sites (N-methyl/N-ethyl adjacent to an activating group) is 1. The second-order valence-electron chi connectivity index (χ2n) is 5.85. The summed E-state index contributed by atoms with van der Waals surface area (Å²) in [6, 6.07) is 0. The number of rotatable bonds is 7. The molecule has 0 saturated carbocycles. The van der Waals surface area contributed by atoms with Gasteiger partial charge in [-0.1, -0.05) is 13.8 Å². The maximum absolute atomic E-state index is 5.99. The van der Waals surface area contributed by atoms with Crippen molar-refractivity contribution in [2.45, 2.75) is 52.6 Å². The van der Waals surface area contributed by atoms with Crippen LogP contribution in [0.2, 0.25) is 0 Å². The van der Waals surface area contributed by atoms with Crippen LogP contribution in [0.25, 0.3) is 0 Å². The van der Waals surface area contributed by atoms with Gasteiger partial charge in [0, 0.05) is 24.0 Å². The average molecular weight is 269 g/mol. The van der Waals surface area contributed by atoms with E-state index in [1.165, 1.54) is 6.42 Å². The van der Waals surface area contributed by atoms with Crippen molar-refractivity contribution < 1.29 is 0 Å². The quantitative estimate of drug-likeness (QED) is 0.827. The van der Waals surface area contributed by atoms with Gasteiger partial charge in [0.05, 0.1) is 10.7 Å². The van der Waals surface area contributed by atoms with Crippen LogP contribution in [0.1, 0.15) is 44.3 Å². The zero-order valence-corrected chi connectivity index (χ0v) is 13.2. The Kier molecular flexibility index (Phi) is 5.76. The van der Waals surface area contributed by atoms with E-state index in [-0.39, 0.29) is 5.54 Å². The highest BCUT2D eigenvalue weighted by Crippen LogP contribution is 2.23. The molecule has 0 aliphatic rings. The van der Waals surface area contributed by atoms with Crippen molar-refractivity contribution in [3.05, 3.63) is 16.1 Å². The number of thiazole rings is 1. The Hall–Kier alpha value is -0.450. The Morgan fingerprint density at radius 3 is 2.61 bits per heavy atom. The second-order valence-corrected chi connectivity index (χ2v) is 6.91. The van der Waals surface area contributed by atoms with Crippen molar-refractivity contribution in [1.29, 1.82) is 0 Å². The molecule has 0 aromatic carbocycles. The summed E-state index contributed by atoms with van der Waals surface area (Å²) in [5, 5.41) is 3.28. The molecule has 104 valence electrons. The van der Waals surface area contributed by atoms with Crippen LogP contribution in [0.4, 0.5) is 0 Å². The predicted molar refractivity (Wildman–Crippen MR) is 79.8 cm³/mol. The molecule has 1 heterocycles. The molecule has 0 amide bonds. The number of hydrogen-bond acceptors (Lipinski definition) is 4. The summed E-state index contributed by atoms with van der Waals surface area (Å²) in [5.74, 6) is 0.728. The summed E-state index contributed by atoms with van der Waals surface area (Å²) in [6.45, 7) is 10.4. The van der Waals surface area contributed by atoms with Gasteiger partial charge in [-0.2, -0.15) is 0 Å². The van der Waals surface area contributed by atoms with Gasteiger partial charge in [0.1, 0.15) is 0 Å². The molecule has 0 radical (unpaired) electrons. The van der Waals surface area contributed by atoms with E-state index in [0.29, 0.717) is 6.54 Å². The fourth-order valence-electron chi connectivity index (χ4n) is 1.96. The molecule has 1 atom stereocenters. The molecular weight excluding hydrogens is 242 g/mol. The summed E-state index contributed by atoms with van der Waals surface area (Å²) in [4.78, 5) is 6.88. The van der Waals surface area contributed by atoms with Crippen molar-refractivity contribution in [2.75, 3.05) is 13.6 Å². The van der Waals surface area contributed by atoms with Crippen LogP contribution in [0.15, 0.2) is 5.38 Å². The molecule has 1 rings (SSSR count). The van der Waals surface area contributed by atoms with Crippen molar-refractivity contribution in [1.82, 2.24) is 9.88 Å². The normalized spacial score (nSPS) is 15.3. The largest absolute Gasteiger partial charge is 0.329 e. The fourth-order valence-corrected chi connectivity index (χ4v) is 2.57. The molecular formula is C14H27N3S. The van der Waals surface area contributed by atoms with E-state index in [9.17, 15) is 0 Å². The molecule has 0 bridgehead atoms. The van der Waals surface area contributed by atoms with Crippen LogP contribution in [-0.2, 0) is 6.54 Å². The van der Waals surface area contributed by atoms with Gasteiger partial charge in [0.25, 0.3) is 0 Å². The summed E-state index contributed by atoms with van der Waals surface area (Å²) in [5.41, 5.74) is 7.22. The van der Waals surface area contributed by atoms with E-state index >= 15 is 0 Å². The van der Waals surface area contributed by atoms with Crippen LogP contribution >= 0.6 is 11.3 Å². The minimum atomic E-state index is 0.0712. The molecule has 3 nitrogen and oxygen atoms in total. The molecule has 4 heteroatoms. The first-order valence-electron chi connectivity index (χ1n) is 6.69. The molecule has 1 aromatic heterocycles. The van der Waals surface area contributed by atoms with Gasteiger partial charge in [-0.3, -0.25) is 4.90 Å². The van der Waals surface area contributed by atoms with Gasteiger partial charge >= 0.3 is 0 Å². The minimum absolute atomic E-state index is 0.0712. The van der Waals surface area contributed by atoms with Crippen LogP contribution in [0.5, 0.6) is 0 Å². The van der Waals surface area contributed by atoms with E-state index in [2.05, 4.69) is 50.0 Å². The first-order chi connectivity index (χ1) is 8.37. The third-order valence-corrected chi connectivity index (χ3v) is 4.51. The molecule has 1 unspecified atom stereocenters. The maximum Gasteiger partial charge on any atom is 0.0897 e. The van der Waals surface area contributed by atoms with Crippen LogP contribution in [0, 0.1) is 12.8 Å². The first kappa shape index (κ1) is 15.6. The molecule has 0 fully saturated rings. The number of aromatic nitrogens is 1. The van der Waals surface area contributed by atoms with Crippen LogP contribution < -0.4 is 5.73 Å². The summed E-state index contributed by atoms with van der Waals surface area (Å²) >= 11 is 1.71. The van der Waals surface area contributed by atoms with Gasteiger partial charge in [-0.25, -0.2) is 4.98 Å². The van der Waals surface area contributed by atoms with Crippen molar-refractivity contribution >= 4 is 11.3 Å². The van der Waals surface area contributed by atoms with Crippen molar-refractivity contribution in [3.8, 4) is 0 Å². The van der Waals surface area contributed by atoms with E-state index in [0.717, 1.165) is 29.6 Å². The van der Waals surface area contributed by atoms with E-state index in [1.54, 1.807) is 11.3 Å².